The van der Waals surface area contributed by atoms with Crippen LogP contribution in [0.5, 0.6) is 0 Å². The molecule has 1 amide bonds. The molecule has 5 heteroatoms. The Kier molecular flexibility index (Phi) is 5.01. The van der Waals surface area contributed by atoms with Crippen molar-refractivity contribution in [2.24, 2.45) is 0 Å². The van der Waals surface area contributed by atoms with E-state index in [1.54, 1.807) is 18.2 Å². The van der Waals surface area contributed by atoms with E-state index in [0.717, 1.165) is 10.6 Å². The zero-order valence-corrected chi connectivity index (χ0v) is 14.1. The Morgan fingerprint density at radius 3 is 2.58 bits per heavy atom. The van der Waals surface area contributed by atoms with Gasteiger partial charge in [0.1, 0.15) is 10.7 Å². The highest BCUT2D eigenvalue weighted by atomic mass is 32.1. The van der Waals surface area contributed by atoms with Crippen molar-refractivity contribution in [3.63, 3.8) is 0 Å². The van der Waals surface area contributed by atoms with Crippen molar-refractivity contribution in [3.05, 3.63) is 87.1 Å². The summed E-state index contributed by atoms with van der Waals surface area (Å²) in [5, 5.41) is 3.66. The molecule has 1 N–H and O–H groups in total. The topological polar surface area (TPSA) is 42.0 Å². The van der Waals surface area contributed by atoms with Gasteiger partial charge in [-0.15, -0.1) is 11.3 Å². The molecule has 3 aromatic rings. The van der Waals surface area contributed by atoms with Crippen LogP contribution in [0.25, 0.3) is 0 Å². The number of halogens is 1. The first-order valence-corrected chi connectivity index (χ1v) is 8.47. The summed E-state index contributed by atoms with van der Waals surface area (Å²) in [7, 11) is 0. The van der Waals surface area contributed by atoms with Crippen LogP contribution in [0.2, 0.25) is 0 Å². The first kappa shape index (κ1) is 16.3. The zero-order chi connectivity index (χ0) is 16.9. The van der Waals surface area contributed by atoms with Crippen molar-refractivity contribution in [2.75, 3.05) is 0 Å². The lowest BCUT2D eigenvalue weighted by Crippen LogP contribution is -2.23. The van der Waals surface area contributed by atoms with Gasteiger partial charge in [0.05, 0.1) is 10.7 Å². The van der Waals surface area contributed by atoms with Crippen LogP contribution in [-0.2, 0) is 13.0 Å². The Morgan fingerprint density at radius 2 is 1.83 bits per heavy atom. The molecule has 0 bridgehead atoms. The molecule has 0 saturated heterocycles. The summed E-state index contributed by atoms with van der Waals surface area (Å²) >= 11 is 1.38. The fourth-order valence-electron chi connectivity index (χ4n) is 2.41. The molecule has 0 radical (unpaired) electrons. The Balaban J connectivity index is 1.68. The molecule has 0 unspecified atom stereocenters. The third-order valence-electron chi connectivity index (χ3n) is 3.64. The van der Waals surface area contributed by atoms with Crippen LogP contribution in [0.1, 0.15) is 31.5 Å². The van der Waals surface area contributed by atoms with E-state index < -0.39 is 0 Å². The maximum Gasteiger partial charge on any atom is 0.263 e. The summed E-state index contributed by atoms with van der Waals surface area (Å²) in [5.41, 5.74) is 2.33. The number of hydrogen-bond acceptors (Lipinski definition) is 3. The van der Waals surface area contributed by atoms with Gasteiger partial charge >= 0.3 is 0 Å². The highest BCUT2D eigenvalue weighted by Gasteiger charge is 2.15. The minimum atomic E-state index is -0.316. The van der Waals surface area contributed by atoms with Crippen LogP contribution in [0.4, 0.5) is 4.39 Å². The van der Waals surface area contributed by atoms with Crippen LogP contribution in [0.3, 0.4) is 0 Å². The van der Waals surface area contributed by atoms with Gasteiger partial charge in [-0.05, 0) is 18.6 Å². The van der Waals surface area contributed by atoms with E-state index in [9.17, 15) is 9.18 Å². The van der Waals surface area contributed by atoms with Gasteiger partial charge in [-0.2, -0.15) is 0 Å². The molecular weight excluding hydrogens is 323 g/mol. The Labute approximate surface area is 144 Å². The summed E-state index contributed by atoms with van der Waals surface area (Å²) < 4.78 is 13.6. The summed E-state index contributed by atoms with van der Waals surface area (Å²) in [6.45, 7) is 1.99. The molecule has 0 spiro atoms. The molecule has 2 aromatic carbocycles. The fraction of sp³-hybridized carbons (Fsp3) is 0.158. The molecule has 3 rings (SSSR count). The summed E-state index contributed by atoms with van der Waals surface area (Å²) in [5.74, 6) is -0.531. The molecule has 3 nitrogen and oxygen atoms in total. The number of amides is 1. The van der Waals surface area contributed by atoms with Crippen LogP contribution >= 0.6 is 11.3 Å². The number of rotatable bonds is 5. The molecule has 24 heavy (non-hydrogen) atoms. The lowest BCUT2D eigenvalue weighted by Gasteiger charge is -2.05. The third kappa shape index (κ3) is 3.86. The number of thiazole rings is 1. The van der Waals surface area contributed by atoms with Crippen molar-refractivity contribution in [1.82, 2.24) is 10.3 Å². The number of aromatic nitrogens is 1. The molecule has 0 atom stereocenters. The Hall–Kier alpha value is -2.53. The second kappa shape index (κ2) is 7.36. The average Bonchev–Trinajstić information content (AvgIpc) is 2.95. The quantitative estimate of drug-likeness (QED) is 0.759. The smallest absolute Gasteiger partial charge is 0.263 e. The molecule has 1 aromatic heterocycles. The lowest BCUT2D eigenvalue weighted by molar-refractivity contribution is 0.0954. The zero-order valence-electron chi connectivity index (χ0n) is 13.3. The molecule has 122 valence electrons. The second-order valence-corrected chi connectivity index (χ2v) is 6.54. The van der Waals surface area contributed by atoms with E-state index in [1.807, 2.05) is 37.3 Å². The number of benzene rings is 2. The van der Waals surface area contributed by atoms with E-state index in [-0.39, 0.29) is 18.3 Å². The molecule has 0 aliphatic rings. The normalized spacial score (nSPS) is 10.6. The van der Waals surface area contributed by atoms with Crippen LogP contribution in [0, 0.1) is 12.7 Å². The van der Waals surface area contributed by atoms with Crippen molar-refractivity contribution in [3.8, 4) is 0 Å². The van der Waals surface area contributed by atoms with E-state index in [4.69, 9.17) is 0 Å². The number of carbonyl (C=O) groups excluding carboxylic acids is 1. The van der Waals surface area contributed by atoms with Crippen molar-refractivity contribution in [2.45, 2.75) is 19.9 Å². The van der Waals surface area contributed by atoms with E-state index in [1.165, 1.54) is 17.4 Å². The first-order valence-electron chi connectivity index (χ1n) is 7.65. The predicted octanol–water partition coefficient (Wildman–Crippen LogP) is 4.11. The van der Waals surface area contributed by atoms with Crippen LogP contribution in [-0.4, -0.2) is 10.9 Å². The van der Waals surface area contributed by atoms with Gasteiger partial charge in [0.25, 0.3) is 5.91 Å². The number of hydrogen-bond donors (Lipinski definition) is 1. The predicted molar refractivity (Wildman–Crippen MR) is 93.7 cm³/mol. The van der Waals surface area contributed by atoms with E-state index >= 15 is 0 Å². The number of aryl methyl sites for hydroxylation is 1. The summed E-state index contributed by atoms with van der Waals surface area (Å²) in [4.78, 5) is 17.4. The van der Waals surface area contributed by atoms with Gasteiger partial charge < -0.3 is 5.32 Å². The monoisotopic (exact) mass is 340 g/mol. The van der Waals surface area contributed by atoms with Gasteiger partial charge in [0.2, 0.25) is 0 Å². The largest absolute Gasteiger partial charge is 0.347 e. The molecular formula is C19H17FN2OS. The number of nitrogens with one attached hydrogen (secondary N) is 1. The highest BCUT2D eigenvalue weighted by Crippen LogP contribution is 2.21. The minimum absolute atomic E-state index is 0.164. The number of nitrogens with zero attached hydrogens (tertiary/aromatic N) is 1. The molecule has 0 fully saturated rings. The van der Waals surface area contributed by atoms with Crippen LogP contribution in [0.15, 0.2) is 54.6 Å². The lowest BCUT2D eigenvalue weighted by atomic mass is 10.2. The van der Waals surface area contributed by atoms with Gasteiger partial charge in [-0.1, -0.05) is 48.5 Å². The Morgan fingerprint density at radius 1 is 1.12 bits per heavy atom. The molecule has 0 aliphatic heterocycles. The maximum atomic E-state index is 13.6. The van der Waals surface area contributed by atoms with Crippen LogP contribution < -0.4 is 5.32 Å². The van der Waals surface area contributed by atoms with E-state index in [2.05, 4.69) is 10.3 Å². The van der Waals surface area contributed by atoms with Crippen molar-refractivity contribution < 1.29 is 9.18 Å². The highest BCUT2D eigenvalue weighted by molar-refractivity contribution is 7.13. The molecule has 1 heterocycles. The van der Waals surface area contributed by atoms with Gasteiger partial charge in [-0.3, -0.25) is 4.79 Å². The summed E-state index contributed by atoms with van der Waals surface area (Å²) in [6, 6.07) is 16.4. The first-order chi connectivity index (χ1) is 11.6. The molecule has 0 aliphatic carbocycles. The van der Waals surface area contributed by atoms with Crippen molar-refractivity contribution in [1.29, 1.82) is 0 Å². The van der Waals surface area contributed by atoms with E-state index in [0.29, 0.717) is 22.6 Å². The second-order valence-electron chi connectivity index (χ2n) is 5.46. The fourth-order valence-corrected chi connectivity index (χ4v) is 3.42. The minimum Gasteiger partial charge on any atom is -0.347 e. The van der Waals surface area contributed by atoms with Gasteiger partial charge in [0.15, 0.2) is 0 Å². The summed E-state index contributed by atoms with van der Waals surface area (Å²) in [6.07, 6.45) is 0.701. The Bertz CT molecular complexity index is 846. The maximum absolute atomic E-state index is 13.6. The van der Waals surface area contributed by atoms with Crippen molar-refractivity contribution >= 4 is 17.2 Å². The third-order valence-corrected chi connectivity index (χ3v) is 4.80. The SMILES string of the molecule is Cc1nc(Cc2ccccc2)sc1C(=O)NCc1ccccc1F. The number of carbonyl (C=O) groups is 1. The average molecular weight is 340 g/mol. The van der Waals surface area contributed by atoms with Gasteiger partial charge in [-0.25, -0.2) is 9.37 Å². The van der Waals surface area contributed by atoms with Gasteiger partial charge in [0, 0.05) is 18.5 Å². The molecule has 0 saturated carbocycles. The standard InChI is InChI=1S/C19H17FN2OS/c1-13-18(19(23)21-12-15-9-5-6-10-16(15)20)24-17(22-13)11-14-7-3-2-4-8-14/h2-10H,11-12H2,1H3,(H,21,23).